The van der Waals surface area contributed by atoms with E-state index in [0.29, 0.717) is 19.3 Å². The fourth-order valence-corrected chi connectivity index (χ4v) is 6.78. The summed E-state index contributed by atoms with van der Waals surface area (Å²) in [7, 11) is 0. The number of hydrogen-bond acceptors (Lipinski definition) is 6. The van der Waals surface area contributed by atoms with E-state index in [0.717, 1.165) is 96.3 Å². The van der Waals surface area contributed by atoms with Gasteiger partial charge in [-0.05, 0) is 83.5 Å². The zero-order chi connectivity index (χ0) is 43.0. The van der Waals surface area contributed by atoms with Gasteiger partial charge in [-0.3, -0.25) is 14.4 Å². The molecule has 0 spiro atoms. The third kappa shape index (κ3) is 46.0. The maximum Gasteiger partial charge on any atom is 0.306 e. The second-order valence-corrected chi connectivity index (χ2v) is 16.3. The monoisotopic (exact) mass is 825 g/mol. The lowest BCUT2D eigenvalue weighted by molar-refractivity contribution is -0.167. The third-order valence-electron chi connectivity index (χ3n) is 10.5. The Hall–Kier alpha value is -2.89. The first-order valence-corrected chi connectivity index (χ1v) is 24.8. The van der Waals surface area contributed by atoms with Crippen molar-refractivity contribution in [1.82, 2.24) is 0 Å². The number of ether oxygens (including phenoxy) is 3. The van der Waals surface area contributed by atoms with Gasteiger partial charge in [0.15, 0.2) is 6.10 Å². The molecule has 0 saturated carbocycles. The molecule has 0 rings (SSSR count). The number of unbranched alkanes of at least 4 members (excludes halogenated alkanes) is 23. The lowest BCUT2D eigenvalue weighted by Crippen LogP contribution is -2.30. The van der Waals surface area contributed by atoms with Gasteiger partial charge in [0, 0.05) is 19.3 Å². The second kappa shape index (κ2) is 47.8. The SMILES string of the molecule is CC/C=C\C/C=C\C/C=C\CCCCCCCCCC(=O)OCC(COC(=O)CCCCCCCCC)OC(=O)CCCCCCCCC/C=C\C/C=C\CCCCC. The van der Waals surface area contributed by atoms with E-state index in [9.17, 15) is 14.4 Å². The van der Waals surface area contributed by atoms with Gasteiger partial charge in [-0.1, -0.05) is 197 Å². The molecule has 340 valence electrons. The van der Waals surface area contributed by atoms with E-state index in [2.05, 4.69) is 81.5 Å². The fraction of sp³-hybridized carbons (Fsp3) is 0.755. The van der Waals surface area contributed by atoms with Crippen molar-refractivity contribution in [2.45, 2.75) is 245 Å². The van der Waals surface area contributed by atoms with Crippen LogP contribution in [0.4, 0.5) is 0 Å². The smallest absolute Gasteiger partial charge is 0.306 e. The molecule has 0 aliphatic heterocycles. The number of carbonyl (C=O) groups is 3. The topological polar surface area (TPSA) is 78.9 Å². The lowest BCUT2D eigenvalue weighted by Gasteiger charge is -2.18. The fourth-order valence-electron chi connectivity index (χ4n) is 6.78. The zero-order valence-corrected chi connectivity index (χ0v) is 38.8. The van der Waals surface area contributed by atoms with E-state index < -0.39 is 6.10 Å². The van der Waals surface area contributed by atoms with E-state index in [4.69, 9.17) is 14.2 Å². The van der Waals surface area contributed by atoms with E-state index in [1.54, 1.807) is 0 Å². The Morgan fingerprint density at radius 1 is 0.356 bits per heavy atom. The maximum absolute atomic E-state index is 12.7. The average molecular weight is 825 g/mol. The van der Waals surface area contributed by atoms with Crippen molar-refractivity contribution in [2.75, 3.05) is 13.2 Å². The molecule has 0 fully saturated rings. The van der Waals surface area contributed by atoms with Crippen LogP contribution in [0.3, 0.4) is 0 Å². The Bertz CT molecular complexity index is 1090. The average Bonchev–Trinajstić information content (AvgIpc) is 3.23. The van der Waals surface area contributed by atoms with Crippen LogP contribution >= 0.6 is 0 Å². The van der Waals surface area contributed by atoms with Gasteiger partial charge in [0.05, 0.1) is 0 Å². The molecule has 0 aromatic rings. The molecule has 0 aliphatic carbocycles. The third-order valence-corrected chi connectivity index (χ3v) is 10.5. The standard InChI is InChI=1S/C53H92O6/c1-4-7-10-13-16-18-20-22-24-26-28-30-32-34-37-40-43-46-52(55)58-49-50(48-57-51(54)45-42-39-36-15-12-9-6-3)59-53(56)47-44-41-38-35-33-31-29-27-25-23-21-19-17-14-11-8-5-2/h7,10,16-19,22-25,50H,4-6,8-9,11-15,20-21,26-49H2,1-3H3/b10-7-,18-16-,19-17-,24-22-,25-23-. The summed E-state index contributed by atoms with van der Waals surface area (Å²) in [4.78, 5) is 37.8. The van der Waals surface area contributed by atoms with Crippen molar-refractivity contribution in [3.8, 4) is 0 Å². The Morgan fingerprint density at radius 3 is 1.07 bits per heavy atom. The normalized spacial score (nSPS) is 12.5. The maximum atomic E-state index is 12.7. The molecule has 59 heavy (non-hydrogen) atoms. The molecule has 0 aromatic carbocycles. The van der Waals surface area contributed by atoms with Crippen molar-refractivity contribution in [3.63, 3.8) is 0 Å². The van der Waals surface area contributed by atoms with Crippen molar-refractivity contribution in [1.29, 1.82) is 0 Å². The van der Waals surface area contributed by atoms with Gasteiger partial charge in [-0.2, -0.15) is 0 Å². The van der Waals surface area contributed by atoms with Gasteiger partial charge in [0.1, 0.15) is 13.2 Å². The molecular weight excluding hydrogens is 733 g/mol. The first-order valence-electron chi connectivity index (χ1n) is 24.8. The minimum Gasteiger partial charge on any atom is -0.462 e. The van der Waals surface area contributed by atoms with Gasteiger partial charge in [-0.25, -0.2) is 0 Å². The van der Waals surface area contributed by atoms with Gasteiger partial charge in [0.25, 0.3) is 0 Å². The van der Waals surface area contributed by atoms with E-state index >= 15 is 0 Å². The van der Waals surface area contributed by atoms with Gasteiger partial charge < -0.3 is 14.2 Å². The summed E-state index contributed by atoms with van der Waals surface area (Å²) in [6.07, 6.45) is 57.8. The van der Waals surface area contributed by atoms with Crippen molar-refractivity contribution >= 4 is 17.9 Å². The summed E-state index contributed by atoms with van der Waals surface area (Å²) in [6, 6.07) is 0. The predicted molar refractivity (Wildman–Crippen MR) is 251 cm³/mol. The summed E-state index contributed by atoms with van der Waals surface area (Å²) < 4.78 is 16.7. The summed E-state index contributed by atoms with van der Waals surface area (Å²) in [6.45, 7) is 6.45. The Labute approximate surface area is 364 Å². The summed E-state index contributed by atoms with van der Waals surface area (Å²) in [5.41, 5.74) is 0. The van der Waals surface area contributed by atoms with Crippen LogP contribution in [0.15, 0.2) is 60.8 Å². The first-order chi connectivity index (χ1) is 29.0. The molecule has 6 nitrogen and oxygen atoms in total. The van der Waals surface area contributed by atoms with E-state index in [-0.39, 0.29) is 31.1 Å². The second-order valence-electron chi connectivity index (χ2n) is 16.3. The van der Waals surface area contributed by atoms with Gasteiger partial charge >= 0.3 is 17.9 Å². The lowest BCUT2D eigenvalue weighted by atomic mass is 10.1. The minimum absolute atomic E-state index is 0.0803. The van der Waals surface area contributed by atoms with Crippen LogP contribution in [0, 0.1) is 0 Å². The molecule has 0 heterocycles. The molecule has 0 aliphatic rings. The van der Waals surface area contributed by atoms with Crippen LogP contribution < -0.4 is 0 Å². The van der Waals surface area contributed by atoms with Crippen LogP contribution in [0.1, 0.15) is 239 Å². The van der Waals surface area contributed by atoms with Crippen LogP contribution in [-0.2, 0) is 28.6 Å². The number of rotatable bonds is 44. The Kier molecular flexibility index (Phi) is 45.4. The highest BCUT2D eigenvalue weighted by atomic mass is 16.6. The van der Waals surface area contributed by atoms with Crippen molar-refractivity contribution in [3.05, 3.63) is 60.8 Å². The number of esters is 3. The molecule has 0 radical (unpaired) electrons. The number of hydrogen-bond donors (Lipinski definition) is 0. The number of carbonyl (C=O) groups excluding carboxylic acids is 3. The van der Waals surface area contributed by atoms with E-state index in [1.165, 1.54) is 103 Å². The number of allylic oxidation sites excluding steroid dienone is 10. The molecule has 0 bridgehead atoms. The summed E-state index contributed by atoms with van der Waals surface area (Å²) in [5, 5.41) is 0. The molecule has 1 atom stereocenters. The predicted octanol–water partition coefficient (Wildman–Crippen LogP) is 16.1. The van der Waals surface area contributed by atoms with Crippen LogP contribution in [0.5, 0.6) is 0 Å². The largest absolute Gasteiger partial charge is 0.462 e. The first kappa shape index (κ1) is 56.1. The molecule has 0 amide bonds. The molecule has 1 unspecified atom stereocenters. The van der Waals surface area contributed by atoms with Crippen molar-refractivity contribution < 1.29 is 28.6 Å². The van der Waals surface area contributed by atoms with Crippen LogP contribution in [0.2, 0.25) is 0 Å². The summed E-state index contributed by atoms with van der Waals surface area (Å²) >= 11 is 0. The highest BCUT2D eigenvalue weighted by Crippen LogP contribution is 2.14. The van der Waals surface area contributed by atoms with Gasteiger partial charge in [-0.15, -0.1) is 0 Å². The highest BCUT2D eigenvalue weighted by Gasteiger charge is 2.19. The van der Waals surface area contributed by atoms with Gasteiger partial charge in [0.2, 0.25) is 0 Å². The van der Waals surface area contributed by atoms with Crippen molar-refractivity contribution in [2.24, 2.45) is 0 Å². The quantitative estimate of drug-likeness (QED) is 0.0263. The highest BCUT2D eigenvalue weighted by molar-refractivity contribution is 5.71. The Morgan fingerprint density at radius 2 is 0.661 bits per heavy atom. The van der Waals surface area contributed by atoms with Crippen LogP contribution in [-0.4, -0.2) is 37.2 Å². The molecule has 0 saturated heterocycles. The molecular formula is C53H92O6. The summed E-state index contributed by atoms with van der Waals surface area (Å²) in [5.74, 6) is -0.903. The van der Waals surface area contributed by atoms with Crippen LogP contribution in [0.25, 0.3) is 0 Å². The molecule has 6 heteroatoms. The minimum atomic E-state index is -0.778. The van der Waals surface area contributed by atoms with E-state index in [1.807, 2.05) is 0 Å². The zero-order valence-electron chi connectivity index (χ0n) is 38.8. The molecule has 0 aromatic heterocycles. The molecule has 0 N–H and O–H groups in total. The Balaban J connectivity index is 4.30.